The Kier molecular flexibility index (Phi) is 13.8. The van der Waals surface area contributed by atoms with Gasteiger partial charge >= 0.3 is 5.97 Å². The van der Waals surface area contributed by atoms with Crippen molar-refractivity contribution in [2.75, 3.05) is 6.61 Å². The number of carbonyl (C=O) groups excluding carboxylic acids is 1. The van der Waals surface area contributed by atoms with Gasteiger partial charge in [-0.2, -0.15) is 0 Å². The minimum atomic E-state index is -0.665. The highest BCUT2D eigenvalue weighted by molar-refractivity contribution is 5.89. The molecular formula is C29H42O4. The van der Waals surface area contributed by atoms with E-state index in [1.54, 1.807) is 19.1 Å². The lowest BCUT2D eigenvalue weighted by Crippen LogP contribution is -2.20. The van der Waals surface area contributed by atoms with Crippen LogP contribution in [-0.2, 0) is 4.74 Å². The summed E-state index contributed by atoms with van der Waals surface area (Å²) in [6.45, 7) is 4.69. The van der Waals surface area contributed by atoms with Crippen LogP contribution in [0.15, 0.2) is 54.6 Å². The van der Waals surface area contributed by atoms with E-state index in [0.717, 1.165) is 12.2 Å². The Morgan fingerprint density at radius 2 is 1.24 bits per heavy atom. The van der Waals surface area contributed by atoms with Crippen LogP contribution in [0, 0.1) is 0 Å². The molecule has 2 aromatic rings. The molecule has 33 heavy (non-hydrogen) atoms. The van der Waals surface area contributed by atoms with E-state index in [9.17, 15) is 4.79 Å². The molecule has 2 aromatic carbocycles. The van der Waals surface area contributed by atoms with Crippen LogP contribution >= 0.6 is 0 Å². The second-order valence-electron chi connectivity index (χ2n) is 8.67. The van der Waals surface area contributed by atoms with Crippen molar-refractivity contribution in [3.8, 4) is 11.5 Å². The molecule has 0 N–H and O–H groups in total. The Hall–Kier alpha value is -2.49. The van der Waals surface area contributed by atoms with Crippen molar-refractivity contribution in [3.63, 3.8) is 0 Å². The lowest BCUT2D eigenvalue weighted by molar-refractivity contribution is -0.0371. The lowest BCUT2D eigenvalue weighted by atomic mass is 10.1. The summed E-state index contributed by atoms with van der Waals surface area (Å²) in [5.41, 5.74) is 0.483. The highest BCUT2D eigenvalue weighted by Gasteiger charge is 2.13. The molecule has 2 rings (SSSR count). The maximum atomic E-state index is 12.3. The van der Waals surface area contributed by atoms with Crippen molar-refractivity contribution >= 4 is 5.97 Å². The number of benzene rings is 2. The largest absolute Gasteiger partial charge is 0.494 e. The molecule has 4 heteroatoms. The number of para-hydroxylation sites is 1. The van der Waals surface area contributed by atoms with Crippen molar-refractivity contribution in [2.45, 2.75) is 97.2 Å². The van der Waals surface area contributed by atoms with E-state index in [-0.39, 0.29) is 0 Å². The number of carbonyl (C=O) groups is 1. The zero-order valence-corrected chi connectivity index (χ0v) is 20.6. The fraction of sp³-hybridized carbons (Fsp3) is 0.552. The van der Waals surface area contributed by atoms with Gasteiger partial charge in [-0.15, -0.1) is 0 Å². The Bertz CT molecular complexity index is 742. The quantitative estimate of drug-likeness (QED) is 0.129. The SMILES string of the molecule is CCCCCCCCCCCCCCOc1ccc(C(=O)OC(C)Oc2ccccc2)cc1. The molecule has 0 fully saturated rings. The third-order valence-corrected chi connectivity index (χ3v) is 5.67. The number of hydrogen-bond donors (Lipinski definition) is 0. The smallest absolute Gasteiger partial charge is 0.341 e. The monoisotopic (exact) mass is 454 g/mol. The van der Waals surface area contributed by atoms with Gasteiger partial charge in [-0.3, -0.25) is 0 Å². The molecule has 0 radical (unpaired) electrons. The number of unbranched alkanes of at least 4 members (excludes halogenated alkanes) is 11. The van der Waals surface area contributed by atoms with Gasteiger partial charge in [-0.25, -0.2) is 4.79 Å². The van der Waals surface area contributed by atoms with Gasteiger partial charge in [-0.05, 0) is 42.8 Å². The minimum Gasteiger partial charge on any atom is -0.494 e. The molecule has 0 heterocycles. The average molecular weight is 455 g/mol. The van der Waals surface area contributed by atoms with E-state index in [1.807, 2.05) is 42.5 Å². The van der Waals surface area contributed by atoms with Crippen molar-refractivity contribution in [1.82, 2.24) is 0 Å². The highest BCUT2D eigenvalue weighted by Crippen LogP contribution is 2.17. The third-order valence-electron chi connectivity index (χ3n) is 5.67. The van der Waals surface area contributed by atoms with Crippen LogP contribution in [0.25, 0.3) is 0 Å². The zero-order valence-electron chi connectivity index (χ0n) is 20.6. The number of ether oxygens (including phenoxy) is 3. The van der Waals surface area contributed by atoms with Crippen LogP contribution in [0.2, 0.25) is 0 Å². The van der Waals surface area contributed by atoms with Gasteiger partial charge in [0.2, 0.25) is 6.29 Å². The van der Waals surface area contributed by atoms with Gasteiger partial charge in [-0.1, -0.05) is 95.8 Å². The molecule has 0 bridgehead atoms. The van der Waals surface area contributed by atoms with Crippen molar-refractivity contribution in [1.29, 1.82) is 0 Å². The Morgan fingerprint density at radius 1 is 0.697 bits per heavy atom. The summed E-state index contributed by atoms with van der Waals surface area (Å²) >= 11 is 0. The van der Waals surface area contributed by atoms with E-state index in [4.69, 9.17) is 14.2 Å². The summed E-state index contributed by atoms with van der Waals surface area (Å²) in [5.74, 6) is 1.04. The van der Waals surface area contributed by atoms with Crippen molar-refractivity contribution < 1.29 is 19.0 Å². The highest BCUT2D eigenvalue weighted by atomic mass is 16.7. The maximum absolute atomic E-state index is 12.3. The first-order valence-electron chi connectivity index (χ1n) is 12.8. The number of rotatable bonds is 18. The lowest BCUT2D eigenvalue weighted by Gasteiger charge is -2.15. The standard InChI is InChI=1S/C29H42O4/c1-3-4-5-6-7-8-9-10-11-12-13-17-24-31-27-22-20-26(21-23-27)29(30)33-25(2)32-28-18-15-14-16-19-28/h14-16,18-23,25H,3-13,17,24H2,1-2H3. The van der Waals surface area contributed by atoms with Crippen LogP contribution in [0.3, 0.4) is 0 Å². The molecule has 0 amide bonds. The van der Waals surface area contributed by atoms with Crippen LogP contribution in [0.5, 0.6) is 11.5 Å². The molecule has 0 aliphatic rings. The molecule has 1 unspecified atom stereocenters. The summed E-state index contributed by atoms with van der Waals surface area (Å²) in [6, 6.07) is 16.4. The summed E-state index contributed by atoms with van der Waals surface area (Å²) in [4.78, 5) is 12.3. The first-order chi connectivity index (χ1) is 16.2. The maximum Gasteiger partial charge on any atom is 0.341 e. The summed E-state index contributed by atoms with van der Waals surface area (Å²) in [5, 5.41) is 0. The molecule has 0 spiro atoms. The van der Waals surface area contributed by atoms with E-state index in [1.165, 1.54) is 70.6 Å². The van der Waals surface area contributed by atoms with Crippen molar-refractivity contribution in [3.05, 3.63) is 60.2 Å². The average Bonchev–Trinajstić information content (AvgIpc) is 2.83. The summed E-state index contributed by atoms with van der Waals surface area (Å²) in [7, 11) is 0. The first-order valence-corrected chi connectivity index (χ1v) is 12.8. The fourth-order valence-corrected chi connectivity index (χ4v) is 3.75. The second-order valence-corrected chi connectivity index (χ2v) is 8.67. The van der Waals surface area contributed by atoms with E-state index in [0.29, 0.717) is 17.9 Å². The molecule has 0 saturated heterocycles. The number of esters is 1. The van der Waals surface area contributed by atoms with Gasteiger partial charge in [0.25, 0.3) is 0 Å². The zero-order chi connectivity index (χ0) is 23.6. The molecular weight excluding hydrogens is 412 g/mol. The Balaban J connectivity index is 1.50. The molecule has 0 aliphatic carbocycles. The first kappa shape index (κ1) is 26.8. The normalized spacial score (nSPS) is 11.7. The molecule has 0 saturated carbocycles. The predicted octanol–water partition coefficient (Wildman–Crippen LogP) is 8.35. The third kappa shape index (κ3) is 12.4. The van der Waals surface area contributed by atoms with Gasteiger partial charge in [0.15, 0.2) is 0 Å². The summed E-state index contributed by atoms with van der Waals surface area (Å²) in [6.07, 6.45) is 15.3. The minimum absolute atomic E-state index is 0.411. The number of hydrogen-bond acceptors (Lipinski definition) is 4. The Labute approximate surface area is 200 Å². The molecule has 182 valence electrons. The predicted molar refractivity (Wildman–Crippen MR) is 135 cm³/mol. The van der Waals surface area contributed by atoms with Gasteiger partial charge in [0.05, 0.1) is 12.2 Å². The van der Waals surface area contributed by atoms with Crippen LogP contribution in [0.1, 0.15) is 101 Å². The molecule has 1 atom stereocenters. The van der Waals surface area contributed by atoms with Gasteiger partial charge < -0.3 is 14.2 Å². The van der Waals surface area contributed by atoms with Gasteiger partial charge in [0.1, 0.15) is 11.5 Å². The summed E-state index contributed by atoms with van der Waals surface area (Å²) < 4.78 is 16.8. The van der Waals surface area contributed by atoms with E-state index in [2.05, 4.69) is 6.92 Å². The molecule has 0 aromatic heterocycles. The van der Waals surface area contributed by atoms with Crippen molar-refractivity contribution in [2.24, 2.45) is 0 Å². The fourth-order valence-electron chi connectivity index (χ4n) is 3.75. The van der Waals surface area contributed by atoms with Crippen LogP contribution in [0.4, 0.5) is 0 Å². The van der Waals surface area contributed by atoms with Gasteiger partial charge in [0, 0.05) is 6.92 Å². The van der Waals surface area contributed by atoms with Crippen LogP contribution in [-0.4, -0.2) is 18.9 Å². The second kappa shape index (κ2) is 17.0. The molecule has 0 aliphatic heterocycles. The van der Waals surface area contributed by atoms with E-state index < -0.39 is 12.3 Å². The van der Waals surface area contributed by atoms with E-state index >= 15 is 0 Å². The molecule has 4 nitrogen and oxygen atoms in total. The Morgan fingerprint density at radius 3 is 1.82 bits per heavy atom. The topological polar surface area (TPSA) is 44.8 Å². The van der Waals surface area contributed by atoms with Crippen LogP contribution < -0.4 is 9.47 Å².